The van der Waals surface area contributed by atoms with Crippen molar-refractivity contribution in [1.29, 1.82) is 0 Å². The zero-order valence-corrected chi connectivity index (χ0v) is 10.9. The Labute approximate surface area is 119 Å². The predicted octanol–water partition coefficient (Wildman–Crippen LogP) is 3.84. The fourth-order valence-corrected chi connectivity index (χ4v) is 1.99. The van der Waals surface area contributed by atoms with Crippen LogP contribution in [-0.2, 0) is 19.3 Å². The molecular formula is C15H13F4NO. The molecule has 0 radical (unpaired) electrons. The first kappa shape index (κ1) is 15.3. The van der Waals surface area contributed by atoms with E-state index in [1.807, 2.05) is 0 Å². The summed E-state index contributed by atoms with van der Waals surface area (Å²) in [6.07, 6.45) is -4.42. The van der Waals surface area contributed by atoms with Gasteiger partial charge >= 0.3 is 6.18 Å². The molecule has 0 unspecified atom stereocenters. The number of phenolic OH excluding ortho intramolecular Hbond substituents is 1. The summed E-state index contributed by atoms with van der Waals surface area (Å²) < 4.78 is 51.5. The lowest BCUT2D eigenvalue weighted by Gasteiger charge is -2.13. The second-order valence-corrected chi connectivity index (χ2v) is 4.51. The largest absolute Gasteiger partial charge is 0.505 e. The molecule has 2 nitrogen and oxygen atoms in total. The Morgan fingerprint density at radius 1 is 0.905 bits per heavy atom. The first-order valence-corrected chi connectivity index (χ1v) is 6.22. The van der Waals surface area contributed by atoms with E-state index in [0.29, 0.717) is 5.56 Å². The Hall–Kier alpha value is -2.08. The molecule has 2 aromatic carbocycles. The van der Waals surface area contributed by atoms with E-state index in [0.717, 1.165) is 12.1 Å². The van der Waals surface area contributed by atoms with E-state index in [1.165, 1.54) is 30.3 Å². The normalized spacial score (nSPS) is 11.6. The highest BCUT2D eigenvalue weighted by Gasteiger charge is 2.32. The average molecular weight is 299 g/mol. The molecule has 2 aromatic rings. The Kier molecular flexibility index (Phi) is 4.47. The minimum Gasteiger partial charge on any atom is -0.505 e. The van der Waals surface area contributed by atoms with Gasteiger partial charge in [0, 0.05) is 18.7 Å². The fourth-order valence-electron chi connectivity index (χ4n) is 1.99. The van der Waals surface area contributed by atoms with Gasteiger partial charge in [-0.05, 0) is 17.7 Å². The van der Waals surface area contributed by atoms with Crippen LogP contribution in [-0.4, -0.2) is 5.11 Å². The van der Waals surface area contributed by atoms with Crippen LogP contribution in [0.25, 0.3) is 0 Å². The fraction of sp³-hybridized carbons (Fsp3) is 0.200. The molecule has 0 aliphatic carbocycles. The monoisotopic (exact) mass is 299 g/mol. The van der Waals surface area contributed by atoms with Crippen molar-refractivity contribution in [2.24, 2.45) is 0 Å². The maximum absolute atomic E-state index is 13.1. The number of phenols is 1. The summed E-state index contributed by atoms with van der Waals surface area (Å²) in [5.41, 5.74) is -0.318. The van der Waals surface area contributed by atoms with Crippen LogP contribution in [0.2, 0.25) is 0 Å². The predicted molar refractivity (Wildman–Crippen MR) is 70.1 cm³/mol. The zero-order chi connectivity index (χ0) is 15.5. The van der Waals surface area contributed by atoms with Crippen molar-refractivity contribution < 1.29 is 22.7 Å². The number of nitrogens with one attached hydrogen (secondary N) is 1. The molecular weight excluding hydrogens is 286 g/mol. The second-order valence-electron chi connectivity index (χ2n) is 4.51. The van der Waals surface area contributed by atoms with Gasteiger partial charge in [-0.1, -0.05) is 30.3 Å². The number of aromatic hydroxyl groups is 1. The maximum atomic E-state index is 13.1. The van der Waals surface area contributed by atoms with E-state index < -0.39 is 23.3 Å². The molecule has 0 amide bonds. The number of rotatable bonds is 4. The highest BCUT2D eigenvalue weighted by Crippen LogP contribution is 2.31. The number of alkyl halides is 3. The lowest BCUT2D eigenvalue weighted by Crippen LogP contribution is -2.17. The minimum atomic E-state index is -4.42. The van der Waals surface area contributed by atoms with Gasteiger partial charge in [0.25, 0.3) is 0 Å². The second kappa shape index (κ2) is 6.13. The molecule has 0 spiro atoms. The van der Waals surface area contributed by atoms with Gasteiger partial charge in [0.2, 0.25) is 0 Å². The van der Waals surface area contributed by atoms with Gasteiger partial charge < -0.3 is 10.4 Å². The van der Waals surface area contributed by atoms with Crippen LogP contribution < -0.4 is 5.32 Å². The van der Waals surface area contributed by atoms with E-state index in [1.54, 1.807) is 0 Å². The summed E-state index contributed by atoms with van der Waals surface area (Å²) in [4.78, 5) is 0. The smallest absolute Gasteiger partial charge is 0.416 e. The number of halogens is 4. The molecule has 6 heteroatoms. The van der Waals surface area contributed by atoms with Gasteiger partial charge in [0.15, 0.2) is 11.6 Å². The minimum absolute atomic E-state index is 0.0361. The average Bonchev–Trinajstić information content (AvgIpc) is 2.43. The van der Waals surface area contributed by atoms with Crippen molar-refractivity contribution in [2.45, 2.75) is 19.3 Å². The molecule has 0 aliphatic rings. The van der Waals surface area contributed by atoms with Crippen molar-refractivity contribution in [1.82, 2.24) is 5.32 Å². The topological polar surface area (TPSA) is 32.3 Å². The molecule has 0 heterocycles. The van der Waals surface area contributed by atoms with Crippen LogP contribution >= 0.6 is 0 Å². The zero-order valence-electron chi connectivity index (χ0n) is 10.9. The SMILES string of the molecule is Oc1c(F)cccc1CNCc1ccccc1C(F)(F)F. The van der Waals surface area contributed by atoms with Crippen molar-refractivity contribution in [2.75, 3.05) is 0 Å². The van der Waals surface area contributed by atoms with Crippen LogP contribution in [0.3, 0.4) is 0 Å². The summed E-state index contributed by atoms with van der Waals surface area (Å²) >= 11 is 0. The third-order valence-electron chi connectivity index (χ3n) is 3.02. The van der Waals surface area contributed by atoms with E-state index in [4.69, 9.17) is 0 Å². The summed E-state index contributed by atoms with van der Waals surface area (Å²) in [6.45, 7) is 0.0292. The van der Waals surface area contributed by atoms with Crippen LogP contribution in [0.15, 0.2) is 42.5 Å². The standard InChI is InChI=1S/C15H13F4NO/c16-13-7-3-5-11(14(13)21)9-20-8-10-4-1-2-6-12(10)15(17,18)19/h1-7,20-21H,8-9H2. The van der Waals surface area contributed by atoms with Crippen molar-refractivity contribution in [3.63, 3.8) is 0 Å². The summed E-state index contributed by atoms with van der Waals surface area (Å²) in [6, 6.07) is 9.27. The molecule has 0 atom stereocenters. The van der Waals surface area contributed by atoms with Crippen LogP contribution in [0.5, 0.6) is 5.75 Å². The first-order chi connectivity index (χ1) is 9.89. The van der Waals surface area contributed by atoms with Gasteiger partial charge in [-0.3, -0.25) is 0 Å². The Bertz CT molecular complexity index is 625. The molecule has 2 rings (SSSR count). The maximum Gasteiger partial charge on any atom is 0.416 e. The van der Waals surface area contributed by atoms with E-state index in [9.17, 15) is 22.7 Å². The van der Waals surface area contributed by atoms with Gasteiger partial charge in [-0.2, -0.15) is 13.2 Å². The number of hydrogen-bond donors (Lipinski definition) is 2. The third kappa shape index (κ3) is 3.72. The highest BCUT2D eigenvalue weighted by atomic mass is 19.4. The number of benzene rings is 2. The van der Waals surface area contributed by atoms with Crippen LogP contribution in [0.1, 0.15) is 16.7 Å². The Balaban J connectivity index is 2.06. The van der Waals surface area contributed by atoms with Gasteiger partial charge in [0.1, 0.15) is 0 Å². The van der Waals surface area contributed by atoms with Crippen LogP contribution in [0.4, 0.5) is 17.6 Å². The van der Waals surface area contributed by atoms with Crippen molar-refractivity contribution in [3.8, 4) is 5.75 Å². The number of para-hydroxylation sites is 1. The number of hydrogen-bond acceptors (Lipinski definition) is 2. The molecule has 21 heavy (non-hydrogen) atoms. The quantitative estimate of drug-likeness (QED) is 0.841. The van der Waals surface area contributed by atoms with E-state index in [-0.39, 0.29) is 18.7 Å². The molecule has 0 fully saturated rings. The van der Waals surface area contributed by atoms with Gasteiger partial charge in [-0.15, -0.1) is 0 Å². The van der Waals surface area contributed by atoms with Gasteiger partial charge in [0.05, 0.1) is 5.56 Å². The van der Waals surface area contributed by atoms with Gasteiger partial charge in [-0.25, -0.2) is 4.39 Å². The third-order valence-corrected chi connectivity index (χ3v) is 3.02. The Morgan fingerprint density at radius 2 is 1.52 bits per heavy atom. The lowest BCUT2D eigenvalue weighted by molar-refractivity contribution is -0.138. The van der Waals surface area contributed by atoms with E-state index >= 15 is 0 Å². The van der Waals surface area contributed by atoms with Crippen LogP contribution in [0, 0.1) is 5.82 Å². The highest BCUT2D eigenvalue weighted by molar-refractivity contribution is 5.34. The molecule has 0 saturated carbocycles. The molecule has 2 N–H and O–H groups in total. The van der Waals surface area contributed by atoms with Crippen molar-refractivity contribution >= 4 is 0 Å². The summed E-state index contributed by atoms with van der Waals surface area (Å²) in [5.74, 6) is -1.25. The first-order valence-electron chi connectivity index (χ1n) is 6.22. The summed E-state index contributed by atoms with van der Waals surface area (Å²) in [5, 5.41) is 12.3. The molecule has 0 aliphatic heterocycles. The molecule has 0 bridgehead atoms. The molecule has 0 saturated heterocycles. The summed E-state index contributed by atoms with van der Waals surface area (Å²) in [7, 11) is 0. The van der Waals surface area contributed by atoms with E-state index in [2.05, 4.69) is 5.32 Å². The lowest BCUT2D eigenvalue weighted by atomic mass is 10.1. The van der Waals surface area contributed by atoms with Crippen molar-refractivity contribution in [3.05, 3.63) is 65.0 Å². The molecule has 112 valence electrons. The molecule has 0 aromatic heterocycles. The Morgan fingerprint density at radius 3 is 2.24 bits per heavy atom.